The second kappa shape index (κ2) is 2.43. The molecule has 1 heterocycles. The molecule has 2 N–H and O–H groups in total. The molecule has 0 aliphatic heterocycles. The van der Waals surface area contributed by atoms with Crippen molar-refractivity contribution in [1.29, 1.82) is 5.41 Å². The zero-order valence-corrected chi connectivity index (χ0v) is 5.51. The summed E-state index contributed by atoms with van der Waals surface area (Å²) in [5.41, 5.74) is 0.598. The Morgan fingerprint density at radius 3 is 2.80 bits per heavy atom. The Morgan fingerprint density at radius 2 is 2.40 bits per heavy atom. The van der Waals surface area contributed by atoms with Crippen LogP contribution in [0.3, 0.4) is 0 Å². The van der Waals surface area contributed by atoms with E-state index in [0.717, 1.165) is 0 Å². The lowest BCUT2D eigenvalue weighted by atomic mass is 10.3. The average Bonchev–Trinajstić information content (AvgIpc) is 1.88. The SMILES string of the molecule is CC(=N)c1ccc(=O)[nH]n1. The molecular formula is C6H7N3O. The molecule has 0 saturated carbocycles. The van der Waals surface area contributed by atoms with Crippen LogP contribution in [0.2, 0.25) is 0 Å². The molecule has 1 aromatic rings. The van der Waals surface area contributed by atoms with Gasteiger partial charge >= 0.3 is 0 Å². The summed E-state index contributed by atoms with van der Waals surface area (Å²) in [5.74, 6) is 0. The van der Waals surface area contributed by atoms with Gasteiger partial charge in [-0.1, -0.05) is 0 Å². The Bertz CT molecular complexity index is 282. The summed E-state index contributed by atoms with van der Waals surface area (Å²) in [5, 5.41) is 13.0. The summed E-state index contributed by atoms with van der Waals surface area (Å²) in [4.78, 5) is 10.5. The van der Waals surface area contributed by atoms with Crippen LogP contribution in [0.15, 0.2) is 16.9 Å². The van der Waals surface area contributed by atoms with Crippen LogP contribution in [-0.4, -0.2) is 15.9 Å². The number of hydrogen-bond donors (Lipinski definition) is 2. The maximum Gasteiger partial charge on any atom is 0.264 e. The van der Waals surface area contributed by atoms with Gasteiger partial charge in [-0.05, 0) is 13.0 Å². The highest BCUT2D eigenvalue weighted by molar-refractivity contribution is 5.93. The quantitative estimate of drug-likeness (QED) is 0.541. The molecule has 10 heavy (non-hydrogen) atoms. The highest BCUT2D eigenvalue weighted by Gasteiger charge is 1.93. The third-order valence-electron chi connectivity index (χ3n) is 1.06. The summed E-state index contributed by atoms with van der Waals surface area (Å²) < 4.78 is 0. The van der Waals surface area contributed by atoms with Crippen LogP contribution in [0, 0.1) is 5.41 Å². The standard InChI is InChI=1S/C6H7N3O/c1-4(7)5-2-3-6(10)9-8-5/h2-3,7H,1H3,(H,9,10). The van der Waals surface area contributed by atoms with Crippen LogP contribution in [-0.2, 0) is 0 Å². The van der Waals surface area contributed by atoms with Crippen molar-refractivity contribution in [1.82, 2.24) is 10.2 Å². The molecule has 4 nitrogen and oxygen atoms in total. The zero-order chi connectivity index (χ0) is 7.56. The fraction of sp³-hybridized carbons (Fsp3) is 0.167. The molecule has 0 unspecified atom stereocenters. The minimum atomic E-state index is -0.245. The molecule has 0 fully saturated rings. The number of H-pyrrole nitrogens is 1. The largest absolute Gasteiger partial charge is 0.303 e. The van der Waals surface area contributed by atoms with Crippen LogP contribution in [0.4, 0.5) is 0 Å². The molecule has 1 rings (SSSR count). The molecular weight excluding hydrogens is 130 g/mol. The van der Waals surface area contributed by atoms with Crippen LogP contribution in [0.5, 0.6) is 0 Å². The fourth-order valence-electron chi connectivity index (χ4n) is 0.553. The molecule has 4 heteroatoms. The van der Waals surface area contributed by atoms with Crippen molar-refractivity contribution in [2.75, 3.05) is 0 Å². The van der Waals surface area contributed by atoms with Gasteiger partial charge in [0.2, 0.25) is 0 Å². The Kier molecular flexibility index (Phi) is 1.62. The topological polar surface area (TPSA) is 69.6 Å². The number of aromatic nitrogens is 2. The molecule has 0 aliphatic carbocycles. The zero-order valence-electron chi connectivity index (χ0n) is 5.51. The van der Waals surface area contributed by atoms with Gasteiger partial charge in [0.05, 0.1) is 5.71 Å². The van der Waals surface area contributed by atoms with Gasteiger partial charge in [-0.2, -0.15) is 5.10 Å². The Hall–Kier alpha value is -1.45. The summed E-state index contributed by atoms with van der Waals surface area (Å²) in [7, 11) is 0. The predicted molar refractivity (Wildman–Crippen MR) is 37.4 cm³/mol. The van der Waals surface area contributed by atoms with Gasteiger partial charge in [0.15, 0.2) is 0 Å². The number of nitrogens with one attached hydrogen (secondary N) is 2. The van der Waals surface area contributed by atoms with Gasteiger partial charge in [-0.15, -0.1) is 0 Å². The first-order valence-electron chi connectivity index (χ1n) is 2.81. The third kappa shape index (κ3) is 1.28. The molecule has 0 aliphatic rings. The smallest absolute Gasteiger partial charge is 0.264 e. The summed E-state index contributed by atoms with van der Waals surface area (Å²) in [6, 6.07) is 2.86. The van der Waals surface area contributed by atoms with E-state index in [-0.39, 0.29) is 5.56 Å². The first-order valence-corrected chi connectivity index (χ1v) is 2.81. The molecule has 1 aromatic heterocycles. The van der Waals surface area contributed by atoms with Crippen molar-refractivity contribution >= 4 is 5.71 Å². The van der Waals surface area contributed by atoms with Gasteiger partial charge in [0, 0.05) is 6.07 Å². The predicted octanol–water partition coefficient (Wildman–Crippen LogP) is 0.158. The number of aromatic amines is 1. The second-order valence-corrected chi connectivity index (χ2v) is 1.93. The van der Waals surface area contributed by atoms with Crippen molar-refractivity contribution in [3.8, 4) is 0 Å². The second-order valence-electron chi connectivity index (χ2n) is 1.93. The lowest BCUT2D eigenvalue weighted by molar-refractivity contribution is 0.974. The average molecular weight is 137 g/mol. The lowest BCUT2D eigenvalue weighted by Crippen LogP contribution is -2.09. The molecule has 0 saturated heterocycles. The van der Waals surface area contributed by atoms with E-state index in [9.17, 15) is 4.79 Å². The maximum absolute atomic E-state index is 10.5. The molecule has 0 aromatic carbocycles. The Labute approximate surface area is 57.4 Å². The van der Waals surface area contributed by atoms with Crippen LogP contribution in [0.1, 0.15) is 12.6 Å². The molecule has 52 valence electrons. The third-order valence-corrected chi connectivity index (χ3v) is 1.06. The van der Waals surface area contributed by atoms with E-state index >= 15 is 0 Å². The molecule has 0 atom stereocenters. The van der Waals surface area contributed by atoms with Crippen molar-refractivity contribution in [3.05, 3.63) is 28.2 Å². The van der Waals surface area contributed by atoms with Gasteiger partial charge in [-0.25, -0.2) is 5.10 Å². The van der Waals surface area contributed by atoms with Gasteiger partial charge in [0.25, 0.3) is 5.56 Å². The van der Waals surface area contributed by atoms with E-state index in [1.165, 1.54) is 12.1 Å². The van der Waals surface area contributed by atoms with Crippen molar-refractivity contribution in [3.63, 3.8) is 0 Å². The van der Waals surface area contributed by atoms with Crippen LogP contribution >= 0.6 is 0 Å². The Morgan fingerprint density at radius 1 is 1.70 bits per heavy atom. The highest BCUT2D eigenvalue weighted by Crippen LogP contribution is 1.87. The summed E-state index contributed by atoms with van der Waals surface area (Å²) in [6.07, 6.45) is 0. The number of rotatable bonds is 1. The molecule has 0 amide bonds. The molecule has 0 bridgehead atoms. The van der Waals surface area contributed by atoms with Crippen molar-refractivity contribution in [2.24, 2.45) is 0 Å². The van der Waals surface area contributed by atoms with Gasteiger partial charge in [0.1, 0.15) is 5.69 Å². The normalized spacial score (nSPS) is 9.30. The first kappa shape index (κ1) is 6.67. The van der Waals surface area contributed by atoms with Gasteiger partial charge < -0.3 is 5.41 Å². The van der Waals surface area contributed by atoms with Crippen molar-refractivity contribution < 1.29 is 0 Å². The first-order chi connectivity index (χ1) is 4.70. The lowest BCUT2D eigenvalue weighted by Gasteiger charge is -1.91. The van der Waals surface area contributed by atoms with E-state index in [4.69, 9.17) is 5.41 Å². The monoisotopic (exact) mass is 137 g/mol. The van der Waals surface area contributed by atoms with Crippen molar-refractivity contribution in [2.45, 2.75) is 6.92 Å². The maximum atomic E-state index is 10.5. The van der Waals surface area contributed by atoms with Crippen LogP contribution < -0.4 is 5.56 Å². The number of nitrogens with zero attached hydrogens (tertiary/aromatic N) is 1. The molecule has 0 spiro atoms. The Balaban J connectivity index is 3.12. The van der Waals surface area contributed by atoms with E-state index in [2.05, 4.69) is 10.2 Å². The highest BCUT2D eigenvalue weighted by atomic mass is 16.1. The molecule has 0 radical (unpaired) electrons. The minimum Gasteiger partial charge on any atom is -0.303 e. The van der Waals surface area contributed by atoms with E-state index in [1.807, 2.05) is 0 Å². The fourth-order valence-corrected chi connectivity index (χ4v) is 0.553. The summed E-state index contributed by atoms with van der Waals surface area (Å²) >= 11 is 0. The van der Waals surface area contributed by atoms with E-state index < -0.39 is 0 Å². The van der Waals surface area contributed by atoms with E-state index in [0.29, 0.717) is 11.4 Å². The van der Waals surface area contributed by atoms with E-state index in [1.54, 1.807) is 6.92 Å². The minimum absolute atomic E-state index is 0.245. The van der Waals surface area contributed by atoms with Gasteiger partial charge in [-0.3, -0.25) is 4.79 Å². The number of hydrogen-bond acceptors (Lipinski definition) is 3. The van der Waals surface area contributed by atoms with Crippen LogP contribution in [0.25, 0.3) is 0 Å². The summed E-state index contributed by atoms with van der Waals surface area (Å²) in [6.45, 7) is 1.61.